The van der Waals surface area contributed by atoms with Gasteiger partial charge in [0.2, 0.25) is 0 Å². The Kier molecular flexibility index (Phi) is 2.21. The molecule has 1 saturated heterocycles. The summed E-state index contributed by atoms with van der Waals surface area (Å²) in [5.74, 6) is 0.472. The third-order valence-electron chi connectivity index (χ3n) is 2.37. The largest absolute Gasteiger partial charge is 0.466 e. The number of hydrogen-bond donors (Lipinski definition) is 0. The van der Waals surface area contributed by atoms with Crippen LogP contribution in [0.25, 0.3) is 0 Å². The molecule has 0 aromatic carbocycles. The van der Waals surface area contributed by atoms with Crippen LogP contribution < -0.4 is 0 Å². The molecule has 1 heterocycles. The molecule has 1 rings (SSSR count). The van der Waals surface area contributed by atoms with Crippen LogP contribution in [0, 0.1) is 11.3 Å². The summed E-state index contributed by atoms with van der Waals surface area (Å²) in [6.07, 6.45) is 1.62. The second-order valence-corrected chi connectivity index (χ2v) is 4.28. The third-order valence-corrected chi connectivity index (χ3v) is 2.37. The van der Waals surface area contributed by atoms with Crippen LogP contribution >= 0.6 is 0 Å². The number of ether oxygens (including phenoxy) is 1. The summed E-state index contributed by atoms with van der Waals surface area (Å²) in [5, 5.41) is 0. The van der Waals surface area contributed by atoms with Crippen molar-refractivity contribution in [1.29, 1.82) is 0 Å². The molecule has 1 aliphatic heterocycles. The van der Waals surface area contributed by atoms with Crippen LogP contribution in [0.3, 0.4) is 0 Å². The highest BCUT2D eigenvalue weighted by Gasteiger charge is 2.30. The number of rotatable bonds is 0. The van der Waals surface area contributed by atoms with E-state index in [1.165, 1.54) is 0 Å². The van der Waals surface area contributed by atoms with Crippen LogP contribution in [0.15, 0.2) is 0 Å². The first-order valence-corrected chi connectivity index (χ1v) is 4.16. The molecule has 64 valence electrons. The number of carbonyl (C=O) groups is 1. The summed E-state index contributed by atoms with van der Waals surface area (Å²) in [5.41, 5.74) is 0.249. The zero-order valence-corrected chi connectivity index (χ0v) is 7.52. The Labute approximate surface area is 67.9 Å². The molecule has 0 amide bonds. The van der Waals surface area contributed by atoms with Gasteiger partial charge in [0, 0.05) is 6.42 Å². The minimum atomic E-state index is -0.0313. The normalized spacial score (nSPS) is 26.5. The monoisotopic (exact) mass is 156 g/mol. The first-order chi connectivity index (χ1) is 5.00. The molecule has 0 spiro atoms. The Hall–Kier alpha value is -0.530. The van der Waals surface area contributed by atoms with Crippen LogP contribution in [-0.2, 0) is 9.53 Å². The van der Waals surface area contributed by atoms with E-state index in [9.17, 15) is 4.79 Å². The molecule has 0 bridgehead atoms. The van der Waals surface area contributed by atoms with Crippen molar-refractivity contribution in [2.75, 3.05) is 6.61 Å². The van der Waals surface area contributed by atoms with Gasteiger partial charge >= 0.3 is 5.97 Å². The van der Waals surface area contributed by atoms with E-state index in [1.54, 1.807) is 0 Å². The zero-order valence-electron chi connectivity index (χ0n) is 7.52. The lowest BCUT2D eigenvalue weighted by molar-refractivity contribution is -0.151. The maximum Gasteiger partial charge on any atom is 0.306 e. The topological polar surface area (TPSA) is 26.3 Å². The molecule has 0 saturated carbocycles. The lowest BCUT2D eigenvalue weighted by atomic mass is 9.76. The standard InChI is InChI=1S/C9H16O2/c1-9(2,3)7-4-5-11-8(10)6-7/h7H,4-6H2,1-3H3/t7-/m0/s1. The quantitative estimate of drug-likeness (QED) is 0.501. The highest BCUT2D eigenvalue weighted by atomic mass is 16.5. The Morgan fingerprint density at radius 3 is 2.45 bits per heavy atom. The molecule has 0 unspecified atom stereocenters. The van der Waals surface area contributed by atoms with E-state index in [-0.39, 0.29) is 11.4 Å². The van der Waals surface area contributed by atoms with E-state index in [2.05, 4.69) is 20.8 Å². The Morgan fingerprint density at radius 1 is 1.45 bits per heavy atom. The van der Waals surface area contributed by atoms with Gasteiger partial charge in [0.15, 0.2) is 0 Å². The molecular formula is C9H16O2. The van der Waals surface area contributed by atoms with Gasteiger partial charge in [0.1, 0.15) is 0 Å². The van der Waals surface area contributed by atoms with E-state index in [1.807, 2.05) is 0 Å². The molecular weight excluding hydrogens is 140 g/mol. The van der Waals surface area contributed by atoms with Gasteiger partial charge in [-0.25, -0.2) is 0 Å². The fourth-order valence-corrected chi connectivity index (χ4v) is 1.42. The minimum absolute atomic E-state index is 0.0313. The Morgan fingerprint density at radius 2 is 2.09 bits per heavy atom. The molecule has 0 radical (unpaired) electrons. The van der Waals surface area contributed by atoms with Gasteiger partial charge in [0.05, 0.1) is 6.61 Å². The van der Waals surface area contributed by atoms with Gasteiger partial charge < -0.3 is 4.74 Å². The number of cyclic esters (lactones) is 1. The highest BCUT2D eigenvalue weighted by Crippen LogP contribution is 2.33. The average Bonchev–Trinajstić information content (AvgIpc) is 1.86. The summed E-state index contributed by atoms with van der Waals surface area (Å²) in [7, 11) is 0. The number of esters is 1. The van der Waals surface area contributed by atoms with Crippen molar-refractivity contribution in [2.24, 2.45) is 11.3 Å². The molecule has 0 aliphatic carbocycles. The van der Waals surface area contributed by atoms with Gasteiger partial charge in [-0.3, -0.25) is 4.79 Å². The van der Waals surface area contributed by atoms with E-state index in [0.717, 1.165) is 6.42 Å². The van der Waals surface area contributed by atoms with Crippen molar-refractivity contribution in [1.82, 2.24) is 0 Å². The van der Waals surface area contributed by atoms with Crippen molar-refractivity contribution in [2.45, 2.75) is 33.6 Å². The molecule has 1 atom stereocenters. The van der Waals surface area contributed by atoms with Gasteiger partial charge in [0.25, 0.3) is 0 Å². The van der Waals surface area contributed by atoms with Crippen LogP contribution in [0.1, 0.15) is 33.6 Å². The lowest BCUT2D eigenvalue weighted by Gasteiger charge is -2.32. The fourth-order valence-electron chi connectivity index (χ4n) is 1.42. The maximum atomic E-state index is 10.9. The molecule has 11 heavy (non-hydrogen) atoms. The van der Waals surface area contributed by atoms with Gasteiger partial charge in [-0.05, 0) is 17.8 Å². The van der Waals surface area contributed by atoms with Crippen LogP contribution in [0.4, 0.5) is 0 Å². The highest BCUT2D eigenvalue weighted by molar-refractivity contribution is 5.70. The Balaban J connectivity index is 2.53. The first-order valence-electron chi connectivity index (χ1n) is 4.16. The molecule has 0 aromatic rings. The second-order valence-electron chi connectivity index (χ2n) is 4.28. The summed E-state index contributed by atoms with van der Waals surface area (Å²) in [6.45, 7) is 7.14. The predicted molar refractivity (Wildman–Crippen MR) is 43.1 cm³/mol. The molecule has 0 N–H and O–H groups in total. The fraction of sp³-hybridized carbons (Fsp3) is 0.889. The van der Waals surface area contributed by atoms with Gasteiger partial charge in [-0.15, -0.1) is 0 Å². The van der Waals surface area contributed by atoms with Crippen molar-refractivity contribution in [3.63, 3.8) is 0 Å². The molecule has 2 heteroatoms. The predicted octanol–water partition coefficient (Wildman–Crippen LogP) is 1.99. The van der Waals surface area contributed by atoms with Crippen LogP contribution in [-0.4, -0.2) is 12.6 Å². The Bertz CT molecular complexity index is 155. The van der Waals surface area contributed by atoms with Crippen molar-refractivity contribution in [3.8, 4) is 0 Å². The lowest BCUT2D eigenvalue weighted by Crippen LogP contribution is -2.30. The van der Waals surface area contributed by atoms with E-state index >= 15 is 0 Å². The molecule has 1 fully saturated rings. The third kappa shape index (κ3) is 2.21. The number of carbonyl (C=O) groups excluding carboxylic acids is 1. The van der Waals surface area contributed by atoms with E-state index in [0.29, 0.717) is 18.9 Å². The van der Waals surface area contributed by atoms with Gasteiger partial charge in [-0.2, -0.15) is 0 Å². The van der Waals surface area contributed by atoms with Crippen molar-refractivity contribution in [3.05, 3.63) is 0 Å². The smallest absolute Gasteiger partial charge is 0.306 e. The first kappa shape index (κ1) is 8.57. The summed E-state index contributed by atoms with van der Waals surface area (Å²) >= 11 is 0. The average molecular weight is 156 g/mol. The van der Waals surface area contributed by atoms with Crippen molar-refractivity contribution < 1.29 is 9.53 Å². The summed E-state index contributed by atoms with van der Waals surface area (Å²) in [6, 6.07) is 0. The van der Waals surface area contributed by atoms with E-state index < -0.39 is 0 Å². The molecule has 2 nitrogen and oxygen atoms in total. The summed E-state index contributed by atoms with van der Waals surface area (Å²) < 4.78 is 4.86. The van der Waals surface area contributed by atoms with Crippen LogP contribution in [0.5, 0.6) is 0 Å². The molecule has 0 aromatic heterocycles. The number of hydrogen-bond acceptors (Lipinski definition) is 2. The summed E-state index contributed by atoms with van der Waals surface area (Å²) in [4.78, 5) is 10.9. The maximum absolute atomic E-state index is 10.9. The minimum Gasteiger partial charge on any atom is -0.466 e. The zero-order chi connectivity index (χ0) is 8.48. The second kappa shape index (κ2) is 2.84. The van der Waals surface area contributed by atoms with Crippen molar-refractivity contribution >= 4 is 5.97 Å². The van der Waals surface area contributed by atoms with Crippen LogP contribution in [0.2, 0.25) is 0 Å². The SMILES string of the molecule is CC(C)(C)[C@H]1CCOC(=O)C1. The van der Waals surface area contributed by atoms with Gasteiger partial charge in [-0.1, -0.05) is 20.8 Å². The molecule has 1 aliphatic rings. The van der Waals surface area contributed by atoms with E-state index in [4.69, 9.17) is 4.74 Å².